The summed E-state index contributed by atoms with van der Waals surface area (Å²) in [5.41, 5.74) is 0. The summed E-state index contributed by atoms with van der Waals surface area (Å²) in [5, 5.41) is 46.2. The summed E-state index contributed by atoms with van der Waals surface area (Å²) in [5.74, 6) is 0. The first-order chi connectivity index (χ1) is 8.84. The van der Waals surface area contributed by atoms with Crippen LogP contribution in [0.2, 0.25) is 0 Å². The SMILES string of the molecule is CCC([O-])N(C)C.CC[O-].CC[O-].CC[O-].CC[O-].[Ta+5]. The third-order valence-electron chi connectivity index (χ3n) is 0.925. The number of nitrogens with zero attached hydrogens (tertiary/aromatic N) is 1. The second-order valence-electron chi connectivity index (χ2n) is 2.98. The van der Waals surface area contributed by atoms with E-state index in [1.807, 2.05) is 6.92 Å². The minimum Gasteiger partial charge on any atom is -0.855 e. The van der Waals surface area contributed by atoms with Gasteiger partial charge in [0.15, 0.2) is 0 Å². The standard InChI is InChI=1S/C5H12NO.4C2H5O.Ta/c1-4-5(7)6(2)3;4*1-2-3;/h5H,4H2,1-3H3;4*2H2,1H3;/q5*-1;+5. The molecule has 124 valence electrons. The van der Waals surface area contributed by atoms with Gasteiger partial charge in [-0.15, -0.1) is 26.4 Å². The second-order valence-corrected chi connectivity index (χ2v) is 2.98. The van der Waals surface area contributed by atoms with Crippen LogP contribution in [-0.2, 0) is 22.4 Å². The molecule has 0 rings (SSSR count). The van der Waals surface area contributed by atoms with E-state index in [9.17, 15) is 5.11 Å². The zero-order valence-electron chi connectivity index (χ0n) is 14.0. The molecule has 0 aromatic heterocycles. The predicted octanol–water partition coefficient (Wildman–Crippen LogP) is -2.89. The Bertz CT molecular complexity index is 92.8. The molecular formula is C13H32NO5Ta. The van der Waals surface area contributed by atoms with Crippen LogP contribution in [-0.4, -0.2) is 51.7 Å². The van der Waals surface area contributed by atoms with Gasteiger partial charge in [0.25, 0.3) is 0 Å². The number of rotatable bonds is 2. The van der Waals surface area contributed by atoms with Gasteiger partial charge in [-0.25, -0.2) is 0 Å². The predicted molar refractivity (Wildman–Crippen MR) is 69.9 cm³/mol. The molecule has 0 saturated heterocycles. The molecule has 0 aliphatic carbocycles. The Morgan fingerprint density at radius 2 is 0.850 bits per heavy atom. The topological polar surface area (TPSA) is 119 Å². The Morgan fingerprint density at radius 1 is 0.700 bits per heavy atom. The molecule has 7 heteroatoms. The first kappa shape index (κ1) is 37.1. The average molecular weight is 463 g/mol. The quantitative estimate of drug-likeness (QED) is 0.406. The number of hydrogen-bond donors (Lipinski definition) is 0. The van der Waals surface area contributed by atoms with Crippen molar-refractivity contribution >= 4 is 0 Å². The van der Waals surface area contributed by atoms with Crippen LogP contribution >= 0.6 is 0 Å². The van der Waals surface area contributed by atoms with Crippen molar-refractivity contribution in [2.24, 2.45) is 0 Å². The van der Waals surface area contributed by atoms with Crippen LogP contribution in [0.5, 0.6) is 0 Å². The third kappa shape index (κ3) is 134. The summed E-state index contributed by atoms with van der Waals surface area (Å²) < 4.78 is 0. The molecular weight excluding hydrogens is 431 g/mol. The van der Waals surface area contributed by atoms with Crippen molar-refractivity contribution in [2.45, 2.75) is 47.3 Å². The Balaban J connectivity index is -0.0000000326. The maximum atomic E-state index is 10.5. The van der Waals surface area contributed by atoms with E-state index in [-0.39, 0.29) is 48.8 Å². The van der Waals surface area contributed by atoms with E-state index in [2.05, 4.69) is 0 Å². The van der Waals surface area contributed by atoms with Gasteiger partial charge in [-0.05, 0) is 14.1 Å². The van der Waals surface area contributed by atoms with Crippen molar-refractivity contribution in [1.82, 2.24) is 4.90 Å². The molecule has 1 unspecified atom stereocenters. The Kier molecular flexibility index (Phi) is 93.5. The van der Waals surface area contributed by atoms with E-state index in [0.29, 0.717) is 6.42 Å². The minimum absolute atomic E-state index is 0. The molecule has 20 heavy (non-hydrogen) atoms. The van der Waals surface area contributed by atoms with Crippen LogP contribution in [0.4, 0.5) is 0 Å². The van der Waals surface area contributed by atoms with Gasteiger partial charge in [-0.1, -0.05) is 47.3 Å². The minimum atomic E-state index is -0.514. The normalized spacial score (nSPS) is 8.85. The summed E-state index contributed by atoms with van der Waals surface area (Å²) in [6, 6.07) is 0. The largest absolute Gasteiger partial charge is 5.00 e. The zero-order valence-corrected chi connectivity index (χ0v) is 17.3. The van der Waals surface area contributed by atoms with Gasteiger partial charge in [0.05, 0.1) is 0 Å². The van der Waals surface area contributed by atoms with Crippen molar-refractivity contribution < 1.29 is 47.9 Å². The van der Waals surface area contributed by atoms with Crippen LogP contribution < -0.4 is 25.5 Å². The molecule has 0 bridgehead atoms. The van der Waals surface area contributed by atoms with Gasteiger partial charge in [0.2, 0.25) is 0 Å². The Labute approximate surface area is 141 Å². The van der Waals surface area contributed by atoms with Gasteiger partial charge in [0, 0.05) is 0 Å². The van der Waals surface area contributed by atoms with Crippen molar-refractivity contribution in [3.05, 3.63) is 0 Å². The van der Waals surface area contributed by atoms with Crippen LogP contribution in [0.15, 0.2) is 0 Å². The van der Waals surface area contributed by atoms with E-state index in [1.54, 1.807) is 46.7 Å². The fourth-order valence-corrected chi connectivity index (χ4v) is 0.365. The molecule has 6 nitrogen and oxygen atoms in total. The molecule has 0 aromatic carbocycles. The molecule has 0 fully saturated rings. The fourth-order valence-electron chi connectivity index (χ4n) is 0.365. The van der Waals surface area contributed by atoms with Crippen LogP contribution in [0.1, 0.15) is 41.0 Å². The van der Waals surface area contributed by atoms with Crippen LogP contribution in [0, 0.1) is 0 Å². The molecule has 0 aliphatic rings. The first-order valence-corrected chi connectivity index (χ1v) is 6.49. The third-order valence-corrected chi connectivity index (χ3v) is 0.925. The number of hydrogen-bond acceptors (Lipinski definition) is 6. The molecule has 0 heterocycles. The zero-order chi connectivity index (χ0) is 16.7. The van der Waals surface area contributed by atoms with Crippen molar-refractivity contribution in [3.8, 4) is 0 Å². The summed E-state index contributed by atoms with van der Waals surface area (Å²) in [6.45, 7) is 8.16. The van der Waals surface area contributed by atoms with Crippen molar-refractivity contribution in [1.29, 1.82) is 0 Å². The van der Waals surface area contributed by atoms with E-state index >= 15 is 0 Å². The van der Waals surface area contributed by atoms with E-state index < -0.39 is 6.23 Å². The Morgan fingerprint density at radius 3 is 0.850 bits per heavy atom. The molecule has 0 spiro atoms. The smallest absolute Gasteiger partial charge is 0.855 e. The van der Waals surface area contributed by atoms with E-state index in [1.165, 1.54) is 0 Å². The summed E-state index contributed by atoms with van der Waals surface area (Å²) in [7, 11) is 3.59. The maximum Gasteiger partial charge on any atom is 5.00 e. The van der Waals surface area contributed by atoms with Gasteiger partial charge < -0.3 is 30.4 Å². The summed E-state index contributed by atoms with van der Waals surface area (Å²) in [6.07, 6.45) is 0.174. The van der Waals surface area contributed by atoms with Gasteiger partial charge >= 0.3 is 22.4 Å². The molecule has 0 aromatic rings. The monoisotopic (exact) mass is 463 g/mol. The van der Waals surface area contributed by atoms with E-state index in [4.69, 9.17) is 20.4 Å². The van der Waals surface area contributed by atoms with Gasteiger partial charge in [0.1, 0.15) is 0 Å². The van der Waals surface area contributed by atoms with Crippen LogP contribution in [0.25, 0.3) is 0 Å². The molecule has 0 amide bonds. The molecule has 0 radical (unpaired) electrons. The van der Waals surface area contributed by atoms with E-state index in [0.717, 1.165) is 0 Å². The van der Waals surface area contributed by atoms with Gasteiger partial charge in [-0.3, -0.25) is 0 Å². The van der Waals surface area contributed by atoms with Crippen molar-refractivity contribution in [3.63, 3.8) is 0 Å². The van der Waals surface area contributed by atoms with Gasteiger partial charge in [-0.2, -0.15) is 0 Å². The fraction of sp³-hybridized carbons (Fsp3) is 1.00. The molecule has 0 N–H and O–H groups in total. The molecule has 1 atom stereocenters. The van der Waals surface area contributed by atoms with Crippen molar-refractivity contribution in [2.75, 3.05) is 40.5 Å². The molecule has 0 saturated carbocycles. The molecule has 0 aliphatic heterocycles. The van der Waals surface area contributed by atoms with Crippen LogP contribution in [0.3, 0.4) is 0 Å². The Hall–Kier alpha value is 0.500. The first-order valence-electron chi connectivity index (χ1n) is 6.49. The maximum absolute atomic E-state index is 10.5. The summed E-state index contributed by atoms with van der Waals surface area (Å²) >= 11 is 0. The summed E-state index contributed by atoms with van der Waals surface area (Å²) in [4.78, 5) is 1.67. The average Bonchev–Trinajstić information content (AvgIpc) is 2.32. The second kappa shape index (κ2) is 50.5.